The summed E-state index contributed by atoms with van der Waals surface area (Å²) in [5.41, 5.74) is -1.86. The first-order chi connectivity index (χ1) is 18.8. The Kier molecular flexibility index (Phi) is 9.00. The Labute approximate surface area is 238 Å². The summed E-state index contributed by atoms with van der Waals surface area (Å²) >= 11 is 0. The van der Waals surface area contributed by atoms with Crippen LogP contribution in [0.3, 0.4) is 0 Å². The van der Waals surface area contributed by atoms with Crippen LogP contribution in [-0.4, -0.2) is 67.7 Å². The number of benzene rings is 1. The van der Waals surface area contributed by atoms with Gasteiger partial charge < -0.3 is 33.5 Å². The Morgan fingerprint density at radius 1 is 1.18 bits per heavy atom. The number of fused-ring (bicyclic) bond motifs is 2. The van der Waals surface area contributed by atoms with Crippen LogP contribution >= 0.6 is 0 Å². The molecule has 222 valence electrons. The van der Waals surface area contributed by atoms with Crippen LogP contribution in [0.5, 0.6) is 5.75 Å². The Morgan fingerprint density at radius 3 is 2.45 bits per heavy atom. The Morgan fingerprint density at radius 2 is 1.88 bits per heavy atom. The summed E-state index contributed by atoms with van der Waals surface area (Å²) in [6.07, 6.45) is 5.37. The molecule has 8 heteroatoms. The van der Waals surface area contributed by atoms with Gasteiger partial charge >= 0.3 is 0 Å². The molecular weight excluding hydrogens is 512 g/mol. The molecule has 3 aliphatic rings. The quantitative estimate of drug-likeness (QED) is 0.322. The highest BCUT2D eigenvalue weighted by atomic mass is 16.8. The Bertz CT molecular complexity index is 1080. The third-order valence-corrected chi connectivity index (χ3v) is 9.39. The number of Topliss-reactive ketones (excluding diaryl/α,β-unsaturated/α-hetero) is 1. The van der Waals surface area contributed by atoms with Gasteiger partial charge in [0.1, 0.15) is 30.4 Å². The van der Waals surface area contributed by atoms with Gasteiger partial charge in [-0.05, 0) is 44.4 Å². The van der Waals surface area contributed by atoms with Gasteiger partial charge in [-0.15, -0.1) is 6.58 Å². The number of hydrogen-bond donors (Lipinski definition) is 1. The minimum Gasteiger partial charge on any atom is -0.497 e. The van der Waals surface area contributed by atoms with Gasteiger partial charge in [0, 0.05) is 30.3 Å². The van der Waals surface area contributed by atoms with Gasteiger partial charge in [-0.25, -0.2) is 0 Å². The van der Waals surface area contributed by atoms with Crippen LogP contribution in [0.4, 0.5) is 0 Å². The summed E-state index contributed by atoms with van der Waals surface area (Å²) < 4.78 is 35.9. The van der Waals surface area contributed by atoms with Crippen LogP contribution in [0.2, 0.25) is 0 Å². The van der Waals surface area contributed by atoms with Gasteiger partial charge in [0.25, 0.3) is 0 Å². The molecule has 2 aliphatic carbocycles. The topological polar surface area (TPSA) is 92.7 Å². The van der Waals surface area contributed by atoms with E-state index >= 15 is 0 Å². The van der Waals surface area contributed by atoms with Crippen molar-refractivity contribution in [1.82, 2.24) is 0 Å². The maximum atomic E-state index is 14.3. The average molecular weight is 559 g/mol. The standard InChI is InChI=1S/C32H46O8/c1-9-26(37-18-22-10-12-23(36-8)13-11-22)32(19-39-30(5,6)40-32)24-14-16-31(34)17-15-25(29(31,3)4)28(38-20-35-7)27(33)21(24)2/h9-14,16,21,24-26,28,34H,1,15,17-20H2,2-8H3/b16-14-/t21-,24-,25+,26+,28+,31-,32+/m0/s1. The second kappa shape index (κ2) is 11.7. The predicted molar refractivity (Wildman–Crippen MR) is 151 cm³/mol. The van der Waals surface area contributed by atoms with E-state index in [-0.39, 0.29) is 25.1 Å². The number of ether oxygens (including phenoxy) is 6. The van der Waals surface area contributed by atoms with Crippen molar-refractivity contribution in [1.29, 1.82) is 0 Å². The lowest BCUT2D eigenvalue weighted by Crippen LogP contribution is -2.56. The molecule has 1 aromatic carbocycles. The second-order valence-electron chi connectivity index (χ2n) is 12.4. The lowest BCUT2D eigenvalue weighted by molar-refractivity contribution is -0.204. The van der Waals surface area contributed by atoms with E-state index in [1.165, 1.54) is 0 Å². The molecule has 2 fully saturated rings. The molecule has 1 N–H and O–H groups in total. The van der Waals surface area contributed by atoms with E-state index in [1.807, 2.05) is 71.0 Å². The molecule has 40 heavy (non-hydrogen) atoms. The molecule has 0 radical (unpaired) electrons. The van der Waals surface area contributed by atoms with E-state index in [4.69, 9.17) is 28.4 Å². The van der Waals surface area contributed by atoms with E-state index in [0.29, 0.717) is 19.4 Å². The molecule has 1 aromatic rings. The maximum Gasteiger partial charge on any atom is 0.165 e. The Hall–Kier alpha value is -2.07. The zero-order valence-electron chi connectivity index (χ0n) is 25.0. The van der Waals surface area contributed by atoms with Gasteiger partial charge in [0.15, 0.2) is 11.6 Å². The van der Waals surface area contributed by atoms with Crippen LogP contribution < -0.4 is 4.74 Å². The summed E-state index contributed by atoms with van der Waals surface area (Å²) in [7, 11) is 3.17. The van der Waals surface area contributed by atoms with Crippen molar-refractivity contribution in [3.05, 3.63) is 54.6 Å². The van der Waals surface area contributed by atoms with Crippen molar-refractivity contribution in [2.24, 2.45) is 23.2 Å². The highest BCUT2D eigenvalue weighted by molar-refractivity contribution is 5.86. The number of rotatable bonds is 10. The van der Waals surface area contributed by atoms with Crippen molar-refractivity contribution in [3.63, 3.8) is 0 Å². The van der Waals surface area contributed by atoms with Crippen molar-refractivity contribution < 1.29 is 38.3 Å². The number of aliphatic hydroxyl groups is 1. The molecule has 0 unspecified atom stereocenters. The molecule has 0 spiro atoms. The fourth-order valence-corrected chi connectivity index (χ4v) is 6.81. The largest absolute Gasteiger partial charge is 0.497 e. The molecule has 0 aromatic heterocycles. The van der Waals surface area contributed by atoms with E-state index in [0.717, 1.165) is 11.3 Å². The molecule has 1 heterocycles. The van der Waals surface area contributed by atoms with E-state index in [2.05, 4.69) is 6.58 Å². The van der Waals surface area contributed by atoms with Crippen molar-refractivity contribution >= 4 is 5.78 Å². The van der Waals surface area contributed by atoms with Crippen molar-refractivity contribution in [2.45, 2.75) is 83.3 Å². The van der Waals surface area contributed by atoms with Crippen LogP contribution in [0, 0.1) is 23.2 Å². The summed E-state index contributed by atoms with van der Waals surface area (Å²) in [5, 5.41) is 11.9. The molecule has 4 rings (SSSR count). The maximum absolute atomic E-state index is 14.3. The highest BCUT2D eigenvalue weighted by Gasteiger charge is 2.61. The van der Waals surface area contributed by atoms with Gasteiger partial charge in [-0.3, -0.25) is 4.79 Å². The summed E-state index contributed by atoms with van der Waals surface area (Å²) in [5.74, 6) is -1.43. The molecule has 1 aliphatic heterocycles. The second-order valence-corrected chi connectivity index (χ2v) is 12.4. The number of methoxy groups -OCH3 is 2. The van der Waals surface area contributed by atoms with Gasteiger partial charge in [0.05, 0.1) is 25.9 Å². The fraction of sp³-hybridized carbons (Fsp3) is 0.656. The summed E-state index contributed by atoms with van der Waals surface area (Å²) in [6, 6.07) is 7.66. The first kappa shape index (κ1) is 30.9. The normalized spacial score (nSPS) is 36.4. The average Bonchev–Trinajstić information content (AvgIpc) is 3.37. The van der Waals surface area contributed by atoms with Crippen LogP contribution in [0.25, 0.3) is 0 Å². The van der Waals surface area contributed by atoms with E-state index < -0.39 is 46.4 Å². The summed E-state index contributed by atoms with van der Waals surface area (Å²) in [4.78, 5) is 14.3. The van der Waals surface area contributed by atoms with Crippen LogP contribution in [-0.2, 0) is 35.1 Å². The lowest BCUT2D eigenvalue weighted by Gasteiger charge is -2.43. The molecule has 8 nitrogen and oxygen atoms in total. The zero-order chi connectivity index (χ0) is 29.3. The lowest BCUT2D eigenvalue weighted by atomic mass is 9.69. The molecule has 0 amide bonds. The summed E-state index contributed by atoms with van der Waals surface area (Å²) in [6.45, 7) is 14.2. The van der Waals surface area contributed by atoms with Crippen molar-refractivity contribution in [3.8, 4) is 5.75 Å². The fourth-order valence-electron chi connectivity index (χ4n) is 6.81. The molecule has 2 bridgehead atoms. The van der Waals surface area contributed by atoms with Crippen molar-refractivity contribution in [2.75, 3.05) is 27.6 Å². The number of carbonyl (C=O) groups is 1. The minimum atomic E-state index is -1.13. The van der Waals surface area contributed by atoms with Gasteiger partial charge in [-0.2, -0.15) is 0 Å². The SMILES string of the molecule is C=C[C@@H](OCc1ccc(OC)cc1)[C@]1([C@H]2/C=C\[C@]3(O)CC[C@H]([C@@H](OCOC)C(=O)[C@H]2C)C3(C)C)COC(C)(C)O1. The first-order valence-corrected chi connectivity index (χ1v) is 14.1. The number of hydrogen-bond acceptors (Lipinski definition) is 8. The minimum absolute atomic E-state index is 0.00965. The smallest absolute Gasteiger partial charge is 0.165 e. The molecule has 7 atom stereocenters. The number of ketones is 1. The highest BCUT2D eigenvalue weighted by Crippen LogP contribution is 2.55. The van der Waals surface area contributed by atoms with E-state index in [9.17, 15) is 9.90 Å². The van der Waals surface area contributed by atoms with Gasteiger partial charge in [-0.1, -0.05) is 51.1 Å². The van der Waals surface area contributed by atoms with Crippen LogP contribution in [0.1, 0.15) is 53.0 Å². The molecular formula is C32H46O8. The van der Waals surface area contributed by atoms with Crippen LogP contribution in [0.15, 0.2) is 49.1 Å². The third-order valence-electron chi connectivity index (χ3n) is 9.39. The first-order valence-electron chi connectivity index (χ1n) is 14.1. The molecule has 1 saturated heterocycles. The van der Waals surface area contributed by atoms with E-state index in [1.54, 1.807) is 20.3 Å². The zero-order valence-corrected chi connectivity index (χ0v) is 25.0. The third kappa shape index (κ3) is 5.54. The monoisotopic (exact) mass is 558 g/mol. The molecule has 1 saturated carbocycles. The Balaban J connectivity index is 1.75. The number of carbonyl (C=O) groups excluding carboxylic acids is 1. The van der Waals surface area contributed by atoms with Gasteiger partial charge in [0.2, 0.25) is 0 Å². The predicted octanol–water partition coefficient (Wildman–Crippen LogP) is 4.84.